The lowest BCUT2D eigenvalue weighted by Crippen LogP contribution is -2.52. The molecule has 0 saturated heterocycles. The fourth-order valence-corrected chi connectivity index (χ4v) is 6.16. The van der Waals surface area contributed by atoms with E-state index in [0.717, 1.165) is 4.31 Å². The summed E-state index contributed by atoms with van der Waals surface area (Å²) in [6, 6.07) is 14.2. The Bertz CT molecular complexity index is 1520. The number of methoxy groups -OCH3 is 2. The molecule has 0 bridgehead atoms. The SMILES string of the molecule is CCNC(=O)[C@@H](CC)N(Cc1ccc(Cl)c(Cl)c1)C(=O)CN(c1ccc(Cl)cc1)S(=O)(=O)c1ccc(OC)c(OC)c1. The summed E-state index contributed by atoms with van der Waals surface area (Å²) in [5, 5.41) is 3.76. The molecule has 3 rings (SSSR count). The molecule has 0 heterocycles. The number of nitrogens with one attached hydrogen (secondary N) is 1. The average molecular weight is 657 g/mol. The molecular formula is C29H32Cl3N3O6S. The van der Waals surface area contributed by atoms with Crippen molar-refractivity contribution in [3.63, 3.8) is 0 Å². The highest BCUT2D eigenvalue weighted by Gasteiger charge is 2.34. The van der Waals surface area contributed by atoms with Gasteiger partial charge in [-0.3, -0.25) is 13.9 Å². The first-order chi connectivity index (χ1) is 20.0. The minimum atomic E-state index is -4.33. The van der Waals surface area contributed by atoms with Gasteiger partial charge in [0.2, 0.25) is 11.8 Å². The Labute approximate surface area is 261 Å². The van der Waals surface area contributed by atoms with Gasteiger partial charge >= 0.3 is 0 Å². The van der Waals surface area contributed by atoms with Crippen molar-refractivity contribution >= 4 is 62.3 Å². The van der Waals surface area contributed by atoms with E-state index >= 15 is 0 Å². The molecule has 0 aromatic heterocycles. The molecule has 1 N–H and O–H groups in total. The van der Waals surface area contributed by atoms with Gasteiger partial charge in [-0.15, -0.1) is 0 Å². The van der Waals surface area contributed by atoms with Crippen molar-refractivity contribution in [2.75, 3.05) is 31.6 Å². The first kappa shape index (κ1) is 33.3. The van der Waals surface area contributed by atoms with E-state index in [9.17, 15) is 18.0 Å². The molecular weight excluding hydrogens is 625 g/mol. The lowest BCUT2D eigenvalue weighted by atomic mass is 10.1. The van der Waals surface area contributed by atoms with Crippen LogP contribution in [-0.4, -0.2) is 58.5 Å². The molecule has 42 heavy (non-hydrogen) atoms. The third kappa shape index (κ3) is 7.80. The highest BCUT2D eigenvalue weighted by molar-refractivity contribution is 7.92. The maximum atomic E-state index is 14.1. The van der Waals surface area contributed by atoms with E-state index in [0.29, 0.717) is 27.9 Å². The largest absolute Gasteiger partial charge is 0.493 e. The Kier molecular flexibility index (Phi) is 11.8. The summed E-state index contributed by atoms with van der Waals surface area (Å²) in [6.07, 6.45) is 0.280. The van der Waals surface area contributed by atoms with Crippen LogP contribution >= 0.6 is 34.8 Å². The topological polar surface area (TPSA) is 105 Å². The lowest BCUT2D eigenvalue weighted by molar-refractivity contribution is -0.140. The van der Waals surface area contributed by atoms with Crippen LogP contribution < -0.4 is 19.1 Å². The molecule has 1 atom stereocenters. The standard InChI is InChI=1S/C29H32Cl3N3O6S/c1-5-25(29(37)33-6-2)34(17-19-7-13-23(31)24(32)15-19)28(36)18-35(21-10-8-20(30)9-11-21)42(38,39)22-12-14-26(40-3)27(16-22)41-4/h7-16,25H,5-6,17-18H2,1-4H3,(H,33,37)/t25-/m1/s1. The van der Waals surface area contributed by atoms with Crippen molar-refractivity contribution in [3.05, 3.63) is 81.3 Å². The normalized spacial score (nSPS) is 11.9. The van der Waals surface area contributed by atoms with E-state index in [1.807, 2.05) is 0 Å². The van der Waals surface area contributed by atoms with Crippen molar-refractivity contribution in [1.82, 2.24) is 10.2 Å². The second kappa shape index (κ2) is 14.8. The zero-order valence-electron chi connectivity index (χ0n) is 23.6. The number of sulfonamides is 1. The van der Waals surface area contributed by atoms with Gasteiger partial charge < -0.3 is 19.7 Å². The summed E-state index contributed by atoms with van der Waals surface area (Å²) >= 11 is 18.4. The van der Waals surface area contributed by atoms with E-state index in [2.05, 4.69) is 5.32 Å². The van der Waals surface area contributed by atoms with Crippen LogP contribution in [0.4, 0.5) is 5.69 Å². The van der Waals surface area contributed by atoms with Crippen LogP contribution in [0.2, 0.25) is 15.1 Å². The third-order valence-electron chi connectivity index (χ3n) is 6.41. The van der Waals surface area contributed by atoms with Gasteiger partial charge in [0.15, 0.2) is 11.5 Å². The van der Waals surface area contributed by atoms with Gasteiger partial charge in [-0.2, -0.15) is 0 Å². The molecule has 0 radical (unpaired) electrons. The van der Waals surface area contributed by atoms with E-state index in [4.69, 9.17) is 44.3 Å². The fourth-order valence-electron chi connectivity index (χ4n) is 4.29. The molecule has 0 aliphatic rings. The number of carbonyl (C=O) groups is 2. The van der Waals surface area contributed by atoms with E-state index in [1.54, 1.807) is 32.0 Å². The Morgan fingerprint density at radius 1 is 0.881 bits per heavy atom. The summed E-state index contributed by atoms with van der Waals surface area (Å²) in [7, 11) is -1.51. The van der Waals surface area contributed by atoms with Crippen LogP contribution in [0.1, 0.15) is 25.8 Å². The quantitative estimate of drug-likeness (QED) is 0.249. The minimum Gasteiger partial charge on any atom is -0.493 e. The van der Waals surface area contributed by atoms with Crippen molar-refractivity contribution in [3.8, 4) is 11.5 Å². The second-order valence-corrected chi connectivity index (χ2v) is 12.2. The summed E-state index contributed by atoms with van der Waals surface area (Å²) in [4.78, 5) is 28.3. The number of anilines is 1. The second-order valence-electron chi connectivity index (χ2n) is 9.09. The van der Waals surface area contributed by atoms with Crippen LogP contribution in [0.3, 0.4) is 0 Å². The van der Waals surface area contributed by atoms with E-state index < -0.39 is 28.5 Å². The fraction of sp³-hybridized carbons (Fsp3) is 0.310. The number of nitrogens with zero attached hydrogens (tertiary/aromatic N) is 2. The lowest BCUT2D eigenvalue weighted by Gasteiger charge is -2.33. The highest BCUT2D eigenvalue weighted by Crippen LogP contribution is 2.33. The molecule has 13 heteroatoms. The smallest absolute Gasteiger partial charge is 0.264 e. The molecule has 0 spiro atoms. The van der Waals surface area contributed by atoms with Gasteiger partial charge in [0.1, 0.15) is 12.6 Å². The van der Waals surface area contributed by atoms with Crippen molar-refractivity contribution in [2.24, 2.45) is 0 Å². The average Bonchev–Trinajstić information content (AvgIpc) is 2.97. The van der Waals surface area contributed by atoms with Gasteiger partial charge in [-0.1, -0.05) is 47.8 Å². The van der Waals surface area contributed by atoms with Gasteiger partial charge in [-0.05, 0) is 67.4 Å². The summed E-state index contributed by atoms with van der Waals surface area (Å²) in [6.45, 7) is 3.26. The molecule has 0 aliphatic heterocycles. The number of carbonyl (C=O) groups excluding carboxylic acids is 2. The molecule has 2 amide bonds. The van der Waals surface area contributed by atoms with Gasteiger partial charge in [0, 0.05) is 24.2 Å². The Hall–Kier alpha value is -3.18. The predicted molar refractivity (Wildman–Crippen MR) is 165 cm³/mol. The molecule has 0 aliphatic carbocycles. The van der Waals surface area contributed by atoms with Crippen molar-refractivity contribution in [2.45, 2.75) is 37.8 Å². The van der Waals surface area contributed by atoms with Crippen molar-refractivity contribution in [1.29, 1.82) is 0 Å². The Morgan fingerprint density at radius 3 is 2.12 bits per heavy atom. The number of benzene rings is 3. The molecule has 0 unspecified atom stereocenters. The molecule has 0 saturated carbocycles. The Morgan fingerprint density at radius 2 is 1.55 bits per heavy atom. The number of likely N-dealkylation sites (N-methyl/N-ethyl adjacent to an activating group) is 1. The molecule has 9 nitrogen and oxygen atoms in total. The number of rotatable bonds is 13. The molecule has 0 fully saturated rings. The maximum absolute atomic E-state index is 14.1. The number of hydrogen-bond donors (Lipinski definition) is 1. The zero-order chi connectivity index (χ0) is 31.0. The van der Waals surface area contributed by atoms with Gasteiger partial charge in [0.05, 0.1) is 34.8 Å². The van der Waals surface area contributed by atoms with Crippen LogP contribution in [-0.2, 0) is 26.2 Å². The van der Waals surface area contributed by atoms with Crippen LogP contribution in [0, 0.1) is 0 Å². The predicted octanol–water partition coefficient (Wildman–Crippen LogP) is 5.80. The Balaban J connectivity index is 2.10. The highest BCUT2D eigenvalue weighted by atomic mass is 35.5. The number of ether oxygens (including phenoxy) is 2. The van der Waals surface area contributed by atoms with E-state index in [1.165, 1.54) is 61.6 Å². The summed E-state index contributed by atoms with van der Waals surface area (Å²) in [5.74, 6) is -0.442. The van der Waals surface area contributed by atoms with Gasteiger partial charge in [-0.25, -0.2) is 8.42 Å². The minimum absolute atomic E-state index is 0.0176. The number of halogens is 3. The molecule has 3 aromatic carbocycles. The van der Waals surface area contributed by atoms with Crippen LogP contribution in [0.25, 0.3) is 0 Å². The first-order valence-corrected chi connectivity index (χ1v) is 15.6. The summed E-state index contributed by atoms with van der Waals surface area (Å²) in [5.41, 5.74) is 0.810. The summed E-state index contributed by atoms with van der Waals surface area (Å²) < 4.78 is 39.7. The zero-order valence-corrected chi connectivity index (χ0v) is 26.6. The van der Waals surface area contributed by atoms with Gasteiger partial charge in [0.25, 0.3) is 10.0 Å². The maximum Gasteiger partial charge on any atom is 0.264 e. The third-order valence-corrected chi connectivity index (χ3v) is 9.17. The first-order valence-electron chi connectivity index (χ1n) is 13.0. The van der Waals surface area contributed by atoms with Crippen LogP contribution in [0.5, 0.6) is 11.5 Å². The molecule has 226 valence electrons. The monoisotopic (exact) mass is 655 g/mol. The number of amides is 2. The molecule has 3 aromatic rings. The number of hydrogen-bond acceptors (Lipinski definition) is 6. The van der Waals surface area contributed by atoms with E-state index in [-0.39, 0.29) is 40.2 Å². The van der Waals surface area contributed by atoms with Crippen molar-refractivity contribution < 1.29 is 27.5 Å². The van der Waals surface area contributed by atoms with Crippen LogP contribution in [0.15, 0.2) is 65.6 Å².